The van der Waals surface area contributed by atoms with Crippen LogP contribution in [0.5, 0.6) is 0 Å². The van der Waals surface area contributed by atoms with Gasteiger partial charge in [-0.05, 0) is 118 Å². The van der Waals surface area contributed by atoms with Crippen molar-refractivity contribution >= 4 is 82.4 Å². The molecule has 248 valence electrons. The van der Waals surface area contributed by atoms with Gasteiger partial charge in [0.25, 0.3) is 0 Å². The summed E-state index contributed by atoms with van der Waals surface area (Å²) in [6.45, 7) is 0. The molecule has 0 spiro atoms. The predicted molar refractivity (Wildman–Crippen MR) is 223 cm³/mol. The van der Waals surface area contributed by atoms with E-state index >= 15 is 0 Å². The van der Waals surface area contributed by atoms with Crippen molar-refractivity contribution in [2.45, 2.75) is 0 Å². The Bertz CT molecular complexity index is 3160. The zero-order chi connectivity index (χ0) is 34.9. The molecule has 0 saturated carbocycles. The van der Waals surface area contributed by atoms with Gasteiger partial charge in [0.15, 0.2) is 0 Å². The molecule has 53 heavy (non-hydrogen) atoms. The van der Waals surface area contributed by atoms with Crippen molar-refractivity contribution in [3.63, 3.8) is 0 Å². The lowest BCUT2D eigenvalue weighted by Crippen LogP contribution is -2.09. The summed E-state index contributed by atoms with van der Waals surface area (Å²) >= 11 is 0. The van der Waals surface area contributed by atoms with Gasteiger partial charge in [0, 0.05) is 44.3 Å². The number of benzene rings is 9. The first-order valence-corrected chi connectivity index (χ1v) is 18.1. The fourth-order valence-corrected chi connectivity index (χ4v) is 8.24. The molecule has 11 rings (SSSR count). The van der Waals surface area contributed by atoms with Crippen LogP contribution >= 0.6 is 0 Å². The van der Waals surface area contributed by atoms with Crippen molar-refractivity contribution in [1.29, 1.82) is 0 Å². The zero-order valence-electron chi connectivity index (χ0n) is 28.8. The molecule has 0 aliphatic rings. The van der Waals surface area contributed by atoms with Crippen LogP contribution in [0, 0.1) is 0 Å². The second kappa shape index (κ2) is 11.7. The summed E-state index contributed by atoms with van der Waals surface area (Å²) in [6, 6.07) is 69.8. The third-order valence-corrected chi connectivity index (χ3v) is 10.7. The number of aromatic nitrogens is 1. The number of hydrogen-bond donors (Lipinski definition) is 0. The van der Waals surface area contributed by atoms with Crippen LogP contribution in [-0.4, -0.2) is 4.57 Å². The molecule has 0 aliphatic heterocycles. The van der Waals surface area contributed by atoms with Gasteiger partial charge in [0.1, 0.15) is 11.2 Å². The number of anilines is 3. The Morgan fingerprint density at radius 2 is 0.962 bits per heavy atom. The van der Waals surface area contributed by atoms with Crippen LogP contribution in [0.25, 0.3) is 82.1 Å². The lowest BCUT2D eigenvalue weighted by Gasteiger charge is -2.26. The Kier molecular flexibility index (Phi) is 6.55. The van der Waals surface area contributed by atoms with Crippen LogP contribution in [-0.2, 0) is 0 Å². The highest BCUT2D eigenvalue weighted by molar-refractivity contribution is 6.18. The fraction of sp³-hybridized carbons (Fsp3) is 0. The minimum atomic E-state index is 0.907. The number of fused-ring (bicyclic) bond motifs is 9. The van der Waals surface area contributed by atoms with Gasteiger partial charge in [-0.2, -0.15) is 0 Å². The summed E-state index contributed by atoms with van der Waals surface area (Å²) in [5.41, 5.74) is 11.0. The molecular formula is C50H32N2O. The molecule has 9 aromatic carbocycles. The van der Waals surface area contributed by atoms with E-state index in [1.54, 1.807) is 0 Å². The third-order valence-electron chi connectivity index (χ3n) is 10.7. The molecule has 0 fully saturated rings. The van der Waals surface area contributed by atoms with Crippen molar-refractivity contribution in [2.75, 3.05) is 4.90 Å². The van der Waals surface area contributed by atoms with E-state index in [-0.39, 0.29) is 0 Å². The summed E-state index contributed by atoms with van der Waals surface area (Å²) in [5.74, 6) is 0. The Labute approximate surface area is 306 Å². The van der Waals surface area contributed by atoms with Gasteiger partial charge in [0.05, 0.1) is 11.0 Å². The van der Waals surface area contributed by atoms with Crippen molar-refractivity contribution in [1.82, 2.24) is 4.57 Å². The largest absolute Gasteiger partial charge is 0.456 e. The van der Waals surface area contributed by atoms with Crippen LogP contribution in [0.15, 0.2) is 199 Å². The number of nitrogens with zero attached hydrogens (tertiary/aromatic N) is 2. The smallest absolute Gasteiger partial charge is 0.136 e. The molecule has 0 amide bonds. The molecule has 11 aromatic rings. The van der Waals surface area contributed by atoms with E-state index in [4.69, 9.17) is 4.42 Å². The first-order chi connectivity index (χ1) is 26.3. The van der Waals surface area contributed by atoms with Crippen LogP contribution in [0.1, 0.15) is 0 Å². The SMILES string of the molecule is c1ccc(N(c2ccc(-c3ccc4c(c3)oc3ccccc34)cc2)c2ccc3c(ccc4cc5c6ccccc6n(-c6ccccc6)c5cc43)c2)cc1. The monoisotopic (exact) mass is 676 g/mol. The fourth-order valence-electron chi connectivity index (χ4n) is 8.24. The minimum absolute atomic E-state index is 0.907. The highest BCUT2D eigenvalue weighted by Crippen LogP contribution is 2.41. The van der Waals surface area contributed by atoms with E-state index in [1.807, 2.05) is 12.1 Å². The van der Waals surface area contributed by atoms with Gasteiger partial charge in [0.2, 0.25) is 0 Å². The van der Waals surface area contributed by atoms with Gasteiger partial charge in [-0.3, -0.25) is 0 Å². The predicted octanol–water partition coefficient (Wildman–Crippen LogP) is 14.1. The second-order valence-electron chi connectivity index (χ2n) is 13.8. The summed E-state index contributed by atoms with van der Waals surface area (Å²) in [4.78, 5) is 2.34. The van der Waals surface area contributed by atoms with E-state index < -0.39 is 0 Å². The number of furan rings is 1. The van der Waals surface area contributed by atoms with Gasteiger partial charge in [-0.25, -0.2) is 0 Å². The van der Waals surface area contributed by atoms with Crippen molar-refractivity contribution in [3.8, 4) is 16.8 Å². The van der Waals surface area contributed by atoms with E-state index in [9.17, 15) is 0 Å². The van der Waals surface area contributed by atoms with Crippen LogP contribution < -0.4 is 4.90 Å². The highest BCUT2D eigenvalue weighted by atomic mass is 16.3. The summed E-state index contributed by atoms with van der Waals surface area (Å²) in [5, 5.41) is 9.75. The Morgan fingerprint density at radius 1 is 0.340 bits per heavy atom. The number of hydrogen-bond acceptors (Lipinski definition) is 2. The van der Waals surface area contributed by atoms with E-state index in [0.717, 1.165) is 50.1 Å². The average Bonchev–Trinajstić information content (AvgIpc) is 3.76. The van der Waals surface area contributed by atoms with Gasteiger partial charge >= 0.3 is 0 Å². The first-order valence-electron chi connectivity index (χ1n) is 18.1. The quantitative estimate of drug-likeness (QED) is 0.169. The van der Waals surface area contributed by atoms with E-state index in [2.05, 4.69) is 191 Å². The van der Waals surface area contributed by atoms with E-state index in [1.165, 1.54) is 49.0 Å². The highest BCUT2D eigenvalue weighted by Gasteiger charge is 2.17. The zero-order valence-corrected chi connectivity index (χ0v) is 28.8. The average molecular weight is 677 g/mol. The molecule has 3 nitrogen and oxygen atoms in total. The van der Waals surface area contributed by atoms with Crippen molar-refractivity contribution in [2.24, 2.45) is 0 Å². The van der Waals surface area contributed by atoms with Crippen LogP contribution in [0.2, 0.25) is 0 Å². The maximum atomic E-state index is 6.21. The molecule has 2 heterocycles. The van der Waals surface area contributed by atoms with Gasteiger partial charge < -0.3 is 13.9 Å². The van der Waals surface area contributed by atoms with Crippen molar-refractivity contribution < 1.29 is 4.42 Å². The maximum absolute atomic E-state index is 6.21. The number of rotatable bonds is 5. The summed E-state index contributed by atoms with van der Waals surface area (Å²) < 4.78 is 8.60. The van der Waals surface area contributed by atoms with Gasteiger partial charge in [-0.1, -0.05) is 109 Å². The maximum Gasteiger partial charge on any atom is 0.136 e. The first kappa shape index (κ1) is 29.6. The van der Waals surface area contributed by atoms with Crippen LogP contribution in [0.3, 0.4) is 0 Å². The minimum Gasteiger partial charge on any atom is -0.456 e. The summed E-state index contributed by atoms with van der Waals surface area (Å²) in [6.07, 6.45) is 0. The Hall–Kier alpha value is -7.10. The Morgan fingerprint density at radius 3 is 1.79 bits per heavy atom. The molecule has 0 radical (unpaired) electrons. The van der Waals surface area contributed by atoms with Crippen molar-refractivity contribution in [3.05, 3.63) is 194 Å². The number of para-hydroxylation sites is 4. The second-order valence-corrected chi connectivity index (χ2v) is 13.8. The van der Waals surface area contributed by atoms with Crippen LogP contribution in [0.4, 0.5) is 17.1 Å². The molecule has 3 heteroatoms. The lowest BCUT2D eigenvalue weighted by molar-refractivity contribution is 0.669. The molecule has 2 aromatic heterocycles. The van der Waals surface area contributed by atoms with E-state index in [0.29, 0.717) is 0 Å². The summed E-state index contributed by atoms with van der Waals surface area (Å²) in [7, 11) is 0. The van der Waals surface area contributed by atoms with Gasteiger partial charge in [-0.15, -0.1) is 0 Å². The normalized spacial score (nSPS) is 11.8. The molecule has 0 N–H and O–H groups in total. The Balaban J connectivity index is 1.03. The molecule has 0 atom stereocenters. The molecule has 0 saturated heterocycles. The molecule has 0 aliphatic carbocycles. The standard InChI is InChI=1S/C50H32N2O/c1-3-11-37(12-4-1)51(39-24-21-33(22-25-39)34-23-27-44-43-16-8-10-18-49(43)53-50(44)31-34)40-26-28-41-35(29-40)19-20-36-30-46-42-15-7-9-17-47(42)52(48(46)32-45(36)41)38-13-5-2-6-14-38/h1-32H. The molecule has 0 bridgehead atoms. The molecule has 0 unspecified atom stereocenters. The lowest BCUT2D eigenvalue weighted by atomic mass is 9.99. The third kappa shape index (κ3) is 4.75. The topological polar surface area (TPSA) is 21.3 Å². The molecular weight excluding hydrogens is 645 g/mol.